The average molecular weight is 473 g/mol. The molecule has 0 saturated carbocycles. The maximum Gasteiger partial charge on any atom is 0.433 e. The summed E-state index contributed by atoms with van der Waals surface area (Å²) in [6.45, 7) is 3.61. The molecule has 0 unspecified atom stereocenters. The van der Waals surface area contributed by atoms with Crippen LogP contribution in [0, 0.1) is 5.82 Å². The third kappa shape index (κ3) is 4.56. The topological polar surface area (TPSA) is 32.3 Å². The number of aromatic nitrogens is 2. The zero-order chi connectivity index (χ0) is 23.0. The van der Waals surface area contributed by atoms with Crippen molar-refractivity contribution in [1.29, 1.82) is 0 Å². The zero-order valence-corrected chi connectivity index (χ0v) is 18.3. The molecule has 0 bridgehead atoms. The maximum absolute atomic E-state index is 13.4. The van der Waals surface area contributed by atoms with Gasteiger partial charge in [-0.2, -0.15) is 24.5 Å². The summed E-state index contributed by atoms with van der Waals surface area (Å²) in [5.41, 5.74) is 1.84. The van der Waals surface area contributed by atoms with E-state index in [1.807, 2.05) is 16.8 Å². The van der Waals surface area contributed by atoms with E-state index in [1.54, 1.807) is 18.3 Å². The van der Waals surface area contributed by atoms with Gasteiger partial charge in [0.1, 0.15) is 17.3 Å². The number of piperazine rings is 1. The molecule has 0 atom stereocenters. The van der Waals surface area contributed by atoms with Gasteiger partial charge in [0.2, 0.25) is 0 Å². The summed E-state index contributed by atoms with van der Waals surface area (Å²) in [5.74, 6) is 0.390. The fourth-order valence-electron chi connectivity index (χ4n) is 4.11. The number of anilines is 1. The third-order valence-electron chi connectivity index (χ3n) is 5.82. The molecule has 0 spiro atoms. The predicted molar refractivity (Wildman–Crippen MR) is 122 cm³/mol. The largest absolute Gasteiger partial charge is 0.433 e. The summed E-state index contributed by atoms with van der Waals surface area (Å²) in [6, 6.07) is 10.8. The first-order chi connectivity index (χ1) is 15.9. The van der Waals surface area contributed by atoms with Crippen LogP contribution < -0.4 is 4.90 Å². The molecule has 1 saturated heterocycles. The number of hydrogen-bond acceptors (Lipinski definition) is 5. The number of nitrogens with zero attached hydrogens (tertiary/aromatic N) is 4. The molecule has 170 valence electrons. The molecule has 9 heteroatoms. The molecule has 4 aromatic rings. The number of benzene rings is 1. The highest BCUT2D eigenvalue weighted by molar-refractivity contribution is 7.08. The molecule has 0 radical (unpaired) electrons. The van der Waals surface area contributed by atoms with Crippen LogP contribution in [-0.2, 0) is 12.7 Å². The van der Waals surface area contributed by atoms with Crippen molar-refractivity contribution in [2.24, 2.45) is 0 Å². The lowest BCUT2D eigenvalue weighted by atomic mass is 10.1. The molecule has 0 amide bonds. The highest BCUT2D eigenvalue weighted by Crippen LogP contribution is 2.36. The molecule has 1 aromatic carbocycles. The molecule has 1 fully saturated rings. The minimum atomic E-state index is -4.52. The van der Waals surface area contributed by atoms with Crippen molar-refractivity contribution in [1.82, 2.24) is 14.9 Å². The summed E-state index contributed by atoms with van der Waals surface area (Å²) >= 11 is 1.47. The van der Waals surface area contributed by atoms with Gasteiger partial charge in [-0.1, -0.05) is 12.1 Å². The summed E-state index contributed by atoms with van der Waals surface area (Å²) < 4.78 is 53.3. The number of rotatable bonds is 4. The Morgan fingerprint density at radius 3 is 2.36 bits per heavy atom. The van der Waals surface area contributed by atoms with Gasteiger partial charge in [-0.05, 0) is 52.2 Å². The highest BCUT2D eigenvalue weighted by atomic mass is 32.1. The molecule has 3 aromatic heterocycles. The van der Waals surface area contributed by atoms with Crippen LogP contribution in [0.3, 0.4) is 0 Å². The lowest BCUT2D eigenvalue weighted by Gasteiger charge is -2.36. The quantitative estimate of drug-likeness (QED) is 0.350. The van der Waals surface area contributed by atoms with Gasteiger partial charge in [-0.3, -0.25) is 4.90 Å². The van der Waals surface area contributed by atoms with Crippen LogP contribution in [0.5, 0.6) is 0 Å². The number of hydrogen-bond donors (Lipinski definition) is 0. The molecule has 0 aliphatic carbocycles. The van der Waals surface area contributed by atoms with Gasteiger partial charge in [0.05, 0.1) is 5.52 Å². The number of halogens is 4. The molecule has 1 aliphatic heterocycles. The first-order valence-corrected chi connectivity index (χ1v) is 11.4. The van der Waals surface area contributed by atoms with Crippen LogP contribution in [0.25, 0.3) is 22.0 Å². The van der Waals surface area contributed by atoms with Crippen LogP contribution in [0.1, 0.15) is 11.3 Å². The van der Waals surface area contributed by atoms with Crippen LogP contribution in [-0.4, -0.2) is 41.0 Å². The number of fused-ring (bicyclic) bond motifs is 1. The molecule has 5 rings (SSSR count). The Morgan fingerprint density at radius 1 is 0.939 bits per heavy atom. The minimum Gasteiger partial charge on any atom is -0.353 e. The van der Waals surface area contributed by atoms with E-state index in [4.69, 9.17) is 0 Å². The van der Waals surface area contributed by atoms with Gasteiger partial charge in [-0.25, -0.2) is 14.4 Å². The molecule has 4 nitrogen and oxygen atoms in total. The summed E-state index contributed by atoms with van der Waals surface area (Å²) in [4.78, 5) is 13.0. The summed E-state index contributed by atoms with van der Waals surface area (Å²) in [7, 11) is 0. The minimum absolute atomic E-state index is 0.255. The highest BCUT2D eigenvalue weighted by Gasteiger charge is 2.33. The number of pyridine rings is 2. The molecule has 0 N–H and O–H groups in total. The second-order valence-electron chi connectivity index (χ2n) is 7.99. The van der Waals surface area contributed by atoms with Crippen molar-refractivity contribution in [3.05, 3.63) is 76.5 Å². The first kappa shape index (κ1) is 21.8. The van der Waals surface area contributed by atoms with Gasteiger partial charge in [0.15, 0.2) is 0 Å². The molecule has 4 heterocycles. The average Bonchev–Trinajstić information content (AvgIpc) is 3.34. The van der Waals surface area contributed by atoms with E-state index in [9.17, 15) is 17.6 Å². The lowest BCUT2D eigenvalue weighted by molar-refractivity contribution is -0.140. The fourth-order valence-corrected chi connectivity index (χ4v) is 4.76. The summed E-state index contributed by atoms with van der Waals surface area (Å²) in [6.07, 6.45) is -2.90. The van der Waals surface area contributed by atoms with Gasteiger partial charge < -0.3 is 4.90 Å². The van der Waals surface area contributed by atoms with Crippen molar-refractivity contribution in [3.8, 4) is 11.1 Å². The van der Waals surface area contributed by atoms with E-state index in [1.165, 1.54) is 29.5 Å². The smallest absolute Gasteiger partial charge is 0.353 e. The Balaban J connectivity index is 1.43. The van der Waals surface area contributed by atoms with E-state index in [2.05, 4.69) is 19.8 Å². The summed E-state index contributed by atoms with van der Waals surface area (Å²) in [5, 5.41) is 4.37. The van der Waals surface area contributed by atoms with Gasteiger partial charge in [0, 0.05) is 49.9 Å². The van der Waals surface area contributed by atoms with E-state index in [0.29, 0.717) is 35.4 Å². The molecular formula is C24H20F4N4S. The van der Waals surface area contributed by atoms with E-state index < -0.39 is 11.9 Å². The predicted octanol–water partition coefficient (Wildman–Crippen LogP) is 5.84. The Bertz CT molecular complexity index is 1250. The molecule has 33 heavy (non-hydrogen) atoms. The van der Waals surface area contributed by atoms with Gasteiger partial charge in [-0.15, -0.1) is 0 Å². The Hall–Kier alpha value is -3.04. The Labute approximate surface area is 192 Å². The van der Waals surface area contributed by atoms with Crippen LogP contribution in [0.2, 0.25) is 0 Å². The van der Waals surface area contributed by atoms with E-state index in [0.717, 1.165) is 36.8 Å². The Morgan fingerprint density at radius 2 is 1.70 bits per heavy atom. The monoisotopic (exact) mass is 472 g/mol. The maximum atomic E-state index is 13.4. The van der Waals surface area contributed by atoms with Crippen LogP contribution in [0.15, 0.2) is 59.4 Å². The number of thiophene rings is 1. The van der Waals surface area contributed by atoms with Crippen molar-refractivity contribution in [2.75, 3.05) is 31.1 Å². The lowest BCUT2D eigenvalue weighted by Crippen LogP contribution is -2.46. The van der Waals surface area contributed by atoms with Crippen LogP contribution >= 0.6 is 11.3 Å². The second kappa shape index (κ2) is 8.72. The van der Waals surface area contributed by atoms with Crippen molar-refractivity contribution in [3.63, 3.8) is 0 Å². The van der Waals surface area contributed by atoms with E-state index in [-0.39, 0.29) is 5.82 Å². The normalized spacial score (nSPS) is 15.3. The number of alkyl halides is 3. The van der Waals surface area contributed by atoms with E-state index >= 15 is 0 Å². The Kier molecular flexibility index (Phi) is 5.76. The molecule has 1 aliphatic rings. The standard InChI is InChI=1S/C24H20F4N4S/c25-18-3-1-16(2-4-18)14-31-8-10-32(11-9-31)23-19-5-6-21(24(26,27)28)30-22(19)20(13-29-23)17-7-12-33-15-17/h1-7,12-13,15H,8-11,14H2. The van der Waals surface area contributed by atoms with Crippen LogP contribution in [0.4, 0.5) is 23.4 Å². The SMILES string of the molecule is Fc1ccc(CN2CCN(c3ncc(-c4ccsc4)c4nc(C(F)(F)F)ccc34)CC2)cc1. The van der Waals surface area contributed by atoms with Crippen molar-refractivity contribution < 1.29 is 17.6 Å². The van der Waals surface area contributed by atoms with Gasteiger partial charge in [0.25, 0.3) is 0 Å². The zero-order valence-electron chi connectivity index (χ0n) is 17.5. The second-order valence-corrected chi connectivity index (χ2v) is 8.77. The molecular weight excluding hydrogens is 452 g/mol. The van der Waals surface area contributed by atoms with Crippen molar-refractivity contribution >= 4 is 28.1 Å². The first-order valence-electron chi connectivity index (χ1n) is 10.5. The van der Waals surface area contributed by atoms with Crippen molar-refractivity contribution in [2.45, 2.75) is 12.7 Å². The fraction of sp³-hybridized carbons (Fsp3) is 0.250. The van der Waals surface area contributed by atoms with Gasteiger partial charge >= 0.3 is 6.18 Å². The third-order valence-corrected chi connectivity index (χ3v) is 6.50.